The zero-order valence-corrected chi connectivity index (χ0v) is 11.0. The lowest BCUT2D eigenvalue weighted by atomic mass is 10.1. The van der Waals surface area contributed by atoms with E-state index in [0.29, 0.717) is 12.3 Å². The lowest BCUT2D eigenvalue weighted by Gasteiger charge is -2.26. The summed E-state index contributed by atoms with van der Waals surface area (Å²) in [5.74, 6) is -0.313. The highest BCUT2D eigenvalue weighted by atomic mass is 16.5. The molecule has 1 aliphatic heterocycles. The van der Waals surface area contributed by atoms with Crippen molar-refractivity contribution in [2.75, 3.05) is 32.0 Å². The molecule has 0 aliphatic carbocycles. The summed E-state index contributed by atoms with van der Waals surface area (Å²) in [4.78, 5) is 17.6. The number of anilines is 1. The second-order valence-corrected chi connectivity index (χ2v) is 4.74. The summed E-state index contributed by atoms with van der Waals surface area (Å²) in [7, 11) is 0. The van der Waals surface area contributed by atoms with E-state index in [4.69, 9.17) is 16.2 Å². The lowest BCUT2D eigenvalue weighted by molar-refractivity contribution is 0.0994. The number of nitrogens with zero attached hydrogens (tertiary/aromatic N) is 2. The molecule has 1 aromatic rings. The van der Waals surface area contributed by atoms with Crippen molar-refractivity contribution in [3.8, 4) is 5.88 Å². The Labute approximate surface area is 112 Å². The Morgan fingerprint density at radius 2 is 2.11 bits per heavy atom. The molecular weight excluding hydrogens is 244 g/mol. The number of carbonyl (C=O) groups excluding carboxylic acids is 1. The molecule has 19 heavy (non-hydrogen) atoms. The van der Waals surface area contributed by atoms with Gasteiger partial charge in [-0.3, -0.25) is 9.69 Å². The molecule has 2 heterocycles. The van der Waals surface area contributed by atoms with E-state index in [1.807, 2.05) is 0 Å². The van der Waals surface area contributed by atoms with Gasteiger partial charge in [0.1, 0.15) is 12.2 Å². The highest BCUT2D eigenvalue weighted by Crippen LogP contribution is 2.17. The van der Waals surface area contributed by atoms with E-state index in [1.165, 1.54) is 31.5 Å². The number of likely N-dealkylation sites (tertiary alicyclic amines) is 1. The predicted octanol–water partition coefficient (Wildman–Crippen LogP) is 0.627. The smallest absolute Gasteiger partial charge is 0.254 e. The average molecular weight is 264 g/mol. The lowest BCUT2D eigenvalue weighted by Crippen LogP contribution is -2.33. The van der Waals surface area contributed by atoms with Crippen LogP contribution in [0, 0.1) is 0 Å². The monoisotopic (exact) mass is 264 g/mol. The van der Waals surface area contributed by atoms with E-state index in [2.05, 4.69) is 9.88 Å². The van der Waals surface area contributed by atoms with E-state index >= 15 is 0 Å². The van der Waals surface area contributed by atoms with Gasteiger partial charge in [0, 0.05) is 6.54 Å². The molecule has 6 nitrogen and oxygen atoms in total. The van der Waals surface area contributed by atoms with Crippen LogP contribution in [0.25, 0.3) is 0 Å². The number of piperidine rings is 1. The number of aromatic nitrogens is 1. The third-order valence-electron chi connectivity index (χ3n) is 3.23. The molecule has 4 N–H and O–H groups in total. The van der Waals surface area contributed by atoms with Crippen LogP contribution >= 0.6 is 0 Å². The van der Waals surface area contributed by atoms with Crippen LogP contribution < -0.4 is 16.2 Å². The molecule has 1 aliphatic rings. The maximum absolute atomic E-state index is 11.3. The molecule has 0 atom stereocenters. The first-order valence-corrected chi connectivity index (χ1v) is 6.57. The Bertz CT molecular complexity index is 444. The minimum atomic E-state index is -0.576. The average Bonchev–Trinajstić information content (AvgIpc) is 2.41. The minimum Gasteiger partial charge on any atom is -0.476 e. The number of pyridine rings is 1. The fourth-order valence-corrected chi connectivity index (χ4v) is 2.21. The quantitative estimate of drug-likeness (QED) is 0.813. The van der Waals surface area contributed by atoms with E-state index in [0.717, 1.165) is 19.6 Å². The fraction of sp³-hybridized carbons (Fsp3) is 0.538. The van der Waals surface area contributed by atoms with Gasteiger partial charge in [0.2, 0.25) is 5.88 Å². The molecule has 0 spiro atoms. The molecule has 1 aromatic heterocycles. The van der Waals surface area contributed by atoms with Crippen LogP contribution in [-0.4, -0.2) is 42.0 Å². The van der Waals surface area contributed by atoms with Crippen molar-refractivity contribution in [3.05, 3.63) is 17.8 Å². The number of primary amides is 1. The SMILES string of the molecule is NC(=O)c1cc(N)cnc1OCCN1CCCCC1. The van der Waals surface area contributed by atoms with Crippen molar-refractivity contribution in [1.29, 1.82) is 0 Å². The van der Waals surface area contributed by atoms with Crippen LogP contribution in [0.1, 0.15) is 29.6 Å². The van der Waals surface area contributed by atoms with E-state index in [-0.39, 0.29) is 11.4 Å². The summed E-state index contributed by atoms with van der Waals surface area (Å²) in [6, 6.07) is 1.49. The molecule has 0 saturated carbocycles. The van der Waals surface area contributed by atoms with E-state index in [9.17, 15) is 4.79 Å². The zero-order valence-electron chi connectivity index (χ0n) is 11.0. The van der Waals surface area contributed by atoms with Crippen molar-refractivity contribution in [1.82, 2.24) is 9.88 Å². The number of nitrogens with two attached hydrogens (primary N) is 2. The molecule has 0 bridgehead atoms. The largest absolute Gasteiger partial charge is 0.476 e. The van der Waals surface area contributed by atoms with Crippen molar-refractivity contribution >= 4 is 11.6 Å². The van der Waals surface area contributed by atoms with Gasteiger partial charge in [0.05, 0.1) is 11.9 Å². The number of carbonyl (C=O) groups is 1. The van der Waals surface area contributed by atoms with Gasteiger partial charge in [0.25, 0.3) is 5.91 Å². The summed E-state index contributed by atoms with van der Waals surface area (Å²) < 4.78 is 5.55. The Balaban J connectivity index is 1.89. The van der Waals surface area contributed by atoms with Gasteiger partial charge in [-0.25, -0.2) is 4.98 Å². The van der Waals surface area contributed by atoms with Gasteiger partial charge in [-0.1, -0.05) is 6.42 Å². The van der Waals surface area contributed by atoms with Gasteiger partial charge in [0.15, 0.2) is 0 Å². The standard InChI is InChI=1S/C13H20N4O2/c14-10-8-11(12(15)18)13(16-9-10)19-7-6-17-4-2-1-3-5-17/h8-9H,1-7,14H2,(H2,15,18). The summed E-state index contributed by atoms with van der Waals surface area (Å²) >= 11 is 0. The number of ether oxygens (including phenoxy) is 1. The van der Waals surface area contributed by atoms with Crippen LogP contribution in [0.3, 0.4) is 0 Å². The first-order valence-electron chi connectivity index (χ1n) is 6.57. The van der Waals surface area contributed by atoms with Crippen LogP contribution in [-0.2, 0) is 0 Å². The van der Waals surface area contributed by atoms with Crippen molar-refractivity contribution in [2.45, 2.75) is 19.3 Å². The van der Waals surface area contributed by atoms with Gasteiger partial charge < -0.3 is 16.2 Å². The summed E-state index contributed by atoms with van der Waals surface area (Å²) in [5.41, 5.74) is 11.5. The van der Waals surface area contributed by atoms with Gasteiger partial charge in [-0.15, -0.1) is 0 Å². The molecule has 1 amide bonds. The molecule has 0 aromatic carbocycles. The number of hydrogen-bond acceptors (Lipinski definition) is 5. The molecule has 1 fully saturated rings. The molecule has 1 saturated heterocycles. The number of rotatable bonds is 5. The van der Waals surface area contributed by atoms with Gasteiger partial charge in [-0.2, -0.15) is 0 Å². The Kier molecular flexibility index (Phi) is 4.57. The molecular formula is C13H20N4O2. The molecule has 2 rings (SSSR count). The number of amides is 1. The normalized spacial score (nSPS) is 16.2. The summed E-state index contributed by atoms with van der Waals surface area (Å²) in [5, 5.41) is 0. The van der Waals surface area contributed by atoms with Crippen molar-refractivity contribution in [3.63, 3.8) is 0 Å². The fourth-order valence-electron chi connectivity index (χ4n) is 2.21. The van der Waals surface area contributed by atoms with Crippen molar-refractivity contribution < 1.29 is 9.53 Å². The van der Waals surface area contributed by atoms with Gasteiger partial charge in [-0.05, 0) is 32.0 Å². The van der Waals surface area contributed by atoms with Crippen LogP contribution in [0.5, 0.6) is 5.88 Å². The molecule has 104 valence electrons. The van der Waals surface area contributed by atoms with E-state index < -0.39 is 5.91 Å². The second kappa shape index (κ2) is 6.38. The third kappa shape index (κ3) is 3.82. The molecule has 6 heteroatoms. The maximum atomic E-state index is 11.3. The highest BCUT2D eigenvalue weighted by molar-refractivity contribution is 5.95. The Hall–Kier alpha value is -1.82. The Morgan fingerprint density at radius 3 is 2.79 bits per heavy atom. The first kappa shape index (κ1) is 13.6. The van der Waals surface area contributed by atoms with Gasteiger partial charge >= 0.3 is 0 Å². The van der Waals surface area contributed by atoms with Crippen molar-refractivity contribution in [2.24, 2.45) is 5.73 Å². The minimum absolute atomic E-state index is 0.235. The number of nitrogen functional groups attached to an aromatic ring is 1. The second-order valence-electron chi connectivity index (χ2n) is 4.74. The molecule has 0 unspecified atom stereocenters. The predicted molar refractivity (Wildman–Crippen MR) is 73.0 cm³/mol. The van der Waals surface area contributed by atoms with Crippen LogP contribution in [0.4, 0.5) is 5.69 Å². The zero-order chi connectivity index (χ0) is 13.7. The van der Waals surface area contributed by atoms with Crippen LogP contribution in [0.2, 0.25) is 0 Å². The topological polar surface area (TPSA) is 94.5 Å². The van der Waals surface area contributed by atoms with Crippen LogP contribution in [0.15, 0.2) is 12.3 Å². The number of hydrogen-bond donors (Lipinski definition) is 2. The third-order valence-corrected chi connectivity index (χ3v) is 3.23. The summed E-state index contributed by atoms with van der Waals surface area (Å²) in [6.07, 6.45) is 5.25. The first-order chi connectivity index (χ1) is 9.16. The summed E-state index contributed by atoms with van der Waals surface area (Å²) in [6.45, 7) is 3.56. The maximum Gasteiger partial charge on any atom is 0.254 e. The van der Waals surface area contributed by atoms with E-state index in [1.54, 1.807) is 0 Å². The molecule has 0 radical (unpaired) electrons. The highest BCUT2D eigenvalue weighted by Gasteiger charge is 2.13. The Morgan fingerprint density at radius 1 is 1.37 bits per heavy atom.